The highest BCUT2D eigenvalue weighted by Gasteiger charge is 2.50. The molecule has 0 radical (unpaired) electrons. The lowest BCUT2D eigenvalue weighted by molar-refractivity contribution is -0.158. The molecule has 0 bridgehead atoms. The van der Waals surface area contributed by atoms with Crippen LogP contribution in [-0.2, 0) is 4.74 Å². The topological polar surface area (TPSA) is 96.8 Å². The highest BCUT2D eigenvalue weighted by Crippen LogP contribution is 2.40. The van der Waals surface area contributed by atoms with E-state index in [2.05, 4.69) is 4.98 Å². The zero-order valence-electron chi connectivity index (χ0n) is 25.1. The van der Waals surface area contributed by atoms with Crippen molar-refractivity contribution in [1.82, 2.24) is 19.8 Å². The van der Waals surface area contributed by atoms with Gasteiger partial charge in [0, 0.05) is 44.0 Å². The van der Waals surface area contributed by atoms with E-state index in [1.807, 2.05) is 0 Å². The summed E-state index contributed by atoms with van der Waals surface area (Å²) in [6.07, 6.45) is -4.49. The van der Waals surface area contributed by atoms with Gasteiger partial charge in [-0.05, 0) is 52.5 Å². The summed E-state index contributed by atoms with van der Waals surface area (Å²) >= 11 is 0. The first kappa shape index (κ1) is 33.0. The van der Waals surface area contributed by atoms with Gasteiger partial charge in [-0.3, -0.25) is 14.2 Å². The van der Waals surface area contributed by atoms with Gasteiger partial charge < -0.3 is 19.9 Å². The quantitative estimate of drug-likeness (QED) is 0.367. The molecule has 3 heterocycles. The number of ether oxygens (including phenoxy) is 1. The van der Waals surface area contributed by atoms with Crippen LogP contribution in [0.1, 0.15) is 50.9 Å². The van der Waals surface area contributed by atoms with E-state index < -0.39 is 92.8 Å². The van der Waals surface area contributed by atoms with Crippen LogP contribution in [0.4, 0.5) is 41.3 Å². The summed E-state index contributed by atoms with van der Waals surface area (Å²) < 4.78 is 107. The Kier molecular flexibility index (Phi) is 8.45. The third-order valence-corrected chi connectivity index (χ3v) is 7.67. The molecule has 1 aliphatic carbocycles. The number of nitrogens with zero attached hydrogens (tertiary/aromatic N) is 4. The third kappa shape index (κ3) is 6.60. The standard InChI is InChI=1S/C30H30F7N5O4/c1-14-12-40(7-8-41(14)28(45)46-29(2,3)4)26-21(34)11-17-23(43)18(27(44)38-24(15-5-6-15)30(35,36)37)13-42(25(17)39-26)22-19(32)9-16(31)10-20(22)33/h9-11,13-15,24H,5-8,12H2,1-4H3,(H,38,44)/t14-,24-/m0/s1. The van der Waals surface area contributed by atoms with Crippen LogP contribution in [-0.4, -0.2) is 69.9 Å². The van der Waals surface area contributed by atoms with E-state index in [1.54, 1.807) is 33.0 Å². The predicted octanol–water partition coefficient (Wildman–Crippen LogP) is 5.46. The van der Waals surface area contributed by atoms with Crippen LogP contribution in [0.2, 0.25) is 0 Å². The first-order chi connectivity index (χ1) is 21.4. The summed E-state index contributed by atoms with van der Waals surface area (Å²) in [7, 11) is 0. The van der Waals surface area contributed by atoms with Crippen LogP contribution >= 0.6 is 0 Å². The lowest BCUT2D eigenvalue weighted by atomic mass is 10.1. The number of hydrogen-bond donors (Lipinski definition) is 1. The van der Waals surface area contributed by atoms with Crippen LogP contribution in [0.15, 0.2) is 29.2 Å². The molecule has 1 N–H and O–H groups in total. The van der Waals surface area contributed by atoms with Gasteiger partial charge in [-0.25, -0.2) is 27.3 Å². The van der Waals surface area contributed by atoms with E-state index in [0.29, 0.717) is 29.0 Å². The van der Waals surface area contributed by atoms with Gasteiger partial charge in [-0.15, -0.1) is 0 Å². The van der Waals surface area contributed by atoms with E-state index in [9.17, 15) is 31.9 Å². The second kappa shape index (κ2) is 11.8. The van der Waals surface area contributed by atoms with Crippen molar-refractivity contribution in [3.8, 4) is 5.69 Å². The number of hydrogen-bond acceptors (Lipinski definition) is 6. The number of carbonyl (C=O) groups excluding carboxylic acids is 2. The first-order valence-corrected chi connectivity index (χ1v) is 14.4. The molecule has 2 amide bonds. The number of nitrogens with one attached hydrogen (secondary N) is 1. The number of fused-ring (bicyclic) bond motifs is 1. The fraction of sp³-hybridized carbons (Fsp3) is 0.467. The van der Waals surface area contributed by atoms with E-state index in [4.69, 9.17) is 4.74 Å². The molecule has 46 heavy (non-hydrogen) atoms. The molecule has 16 heteroatoms. The maximum atomic E-state index is 15.6. The van der Waals surface area contributed by atoms with E-state index in [-0.39, 0.29) is 38.3 Å². The summed E-state index contributed by atoms with van der Waals surface area (Å²) in [5, 5.41) is 1.10. The van der Waals surface area contributed by atoms with Gasteiger partial charge in [-0.1, -0.05) is 0 Å². The summed E-state index contributed by atoms with van der Waals surface area (Å²) in [6.45, 7) is 6.90. The molecule has 2 aromatic heterocycles. The zero-order valence-corrected chi connectivity index (χ0v) is 25.1. The molecule has 1 aromatic carbocycles. The van der Waals surface area contributed by atoms with Crippen molar-refractivity contribution < 1.29 is 45.1 Å². The highest BCUT2D eigenvalue weighted by atomic mass is 19.4. The predicted molar refractivity (Wildman–Crippen MR) is 152 cm³/mol. The van der Waals surface area contributed by atoms with Crippen molar-refractivity contribution in [1.29, 1.82) is 0 Å². The summed E-state index contributed by atoms with van der Waals surface area (Å²) in [5.74, 6) is -8.16. The van der Waals surface area contributed by atoms with Crippen molar-refractivity contribution in [3.05, 3.63) is 63.5 Å². The number of benzene rings is 1. The Morgan fingerprint density at radius 2 is 1.63 bits per heavy atom. The maximum Gasteiger partial charge on any atom is 0.410 e. The van der Waals surface area contributed by atoms with Crippen molar-refractivity contribution in [2.75, 3.05) is 24.5 Å². The van der Waals surface area contributed by atoms with Crippen molar-refractivity contribution >= 4 is 28.9 Å². The maximum absolute atomic E-state index is 15.6. The minimum atomic E-state index is -4.85. The number of amides is 2. The molecule has 2 aliphatic rings. The Hall–Kier alpha value is -4.37. The molecule has 1 aliphatic heterocycles. The third-order valence-electron chi connectivity index (χ3n) is 7.67. The minimum absolute atomic E-state index is 0.0264. The van der Waals surface area contributed by atoms with E-state index >= 15 is 13.2 Å². The molecule has 0 spiro atoms. The number of rotatable bonds is 5. The van der Waals surface area contributed by atoms with Gasteiger partial charge in [0.2, 0.25) is 5.43 Å². The monoisotopic (exact) mass is 657 g/mol. The molecule has 2 atom stereocenters. The molecule has 1 saturated heterocycles. The van der Waals surface area contributed by atoms with Crippen LogP contribution in [0, 0.1) is 29.2 Å². The van der Waals surface area contributed by atoms with Gasteiger partial charge >= 0.3 is 12.3 Å². The summed E-state index contributed by atoms with van der Waals surface area (Å²) in [4.78, 5) is 46.2. The van der Waals surface area contributed by atoms with Crippen LogP contribution in [0.25, 0.3) is 16.7 Å². The Morgan fingerprint density at radius 1 is 1.00 bits per heavy atom. The number of carbonyl (C=O) groups is 2. The number of halogens is 7. The van der Waals surface area contributed by atoms with Gasteiger partial charge in [-0.2, -0.15) is 13.2 Å². The van der Waals surface area contributed by atoms with Crippen molar-refractivity contribution in [2.45, 2.75) is 64.4 Å². The molecular formula is C30H30F7N5O4. The smallest absolute Gasteiger partial charge is 0.410 e. The van der Waals surface area contributed by atoms with Gasteiger partial charge in [0.15, 0.2) is 28.9 Å². The first-order valence-electron chi connectivity index (χ1n) is 14.4. The lowest BCUT2D eigenvalue weighted by Crippen LogP contribution is -2.55. The average Bonchev–Trinajstić information content (AvgIpc) is 3.75. The molecule has 0 unspecified atom stereocenters. The molecule has 2 fully saturated rings. The fourth-order valence-corrected chi connectivity index (χ4v) is 5.39. The molecule has 248 valence electrons. The lowest BCUT2D eigenvalue weighted by Gasteiger charge is -2.40. The molecule has 5 rings (SSSR count). The highest BCUT2D eigenvalue weighted by molar-refractivity contribution is 5.97. The fourth-order valence-electron chi connectivity index (χ4n) is 5.39. The molecular weight excluding hydrogens is 627 g/mol. The Bertz CT molecular complexity index is 1740. The minimum Gasteiger partial charge on any atom is -0.444 e. The normalized spacial score (nSPS) is 18.1. The molecule has 9 nitrogen and oxygen atoms in total. The summed E-state index contributed by atoms with van der Waals surface area (Å²) in [6, 6.07) is -1.51. The van der Waals surface area contributed by atoms with Crippen LogP contribution in [0.3, 0.4) is 0 Å². The molecule has 1 saturated carbocycles. The number of piperazine rings is 1. The van der Waals surface area contributed by atoms with Crippen molar-refractivity contribution in [2.24, 2.45) is 5.92 Å². The average molecular weight is 658 g/mol. The summed E-state index contributed by atoms with van der Waals surface area (Å²) in [5.41, 5.74) is -4.55. The van der Waals surface area contributed by atoms with Crippen LogP contribution in [0.5, 0.6) is 0 Å². The van der Waals surface area contributed by atoms with Gasteiger partial charge in [0.1, 0.15) is 28.7 Å². The van der Waals surface area contributed by atoms with E-state index in [1.165, 1.54) is 9.80 Å². The Balaban J connectivity index is 1.61. The second-order valence-corrected chi connectivity index (χ2v) is 12.4. The number of pyridine rings is 2. The van der Waals surface area contributed by atoms with E-state index in [0.717, 1.165) is 0 Å². The Labute approximate surface area is 257 Å². The molecule has 3 aromatic rings. The van der Waals surface area contributed by atoms with Gasteiger partial charge in [0.25, 0.3) is 5.91 Å². The van der Waals surface area contributed by atoms with Crippen molar-refractivity contribution in [3.63, 3.8) is 0 Å². The number of aromatic nitrogens is 2. The SMILES string of the molecule is C[C@H]1CN(c2nc3c(cc2F)c(=O)c(C(=O)N[C@@H](C2CC2)C(F)(F)F)cn3-c2c(F)cc(F)cc2F)CCN1C(=O)OC(C)(C)C. The Morgan fingerprint density at radius 3 is 2.17 bits per heavy atom. The zero-order chi connectivity index (χ0) is 33.9. The number of alkyl halides is 3. The number of anilines is 1. The second-order valence-electron chi connectivity index (χ2n) is 12.4. The van der Waals surface area contributed by atoms with Crippen LogP contribution < -0.4 is 15.6 Å². The largest absolute Gasteiger partial charge is 0.444 e. The van der Waals surface area contributed by atoms with Gasteiger partial charge in [0.05, 0.1) is 5.39 Å².